The summed E-state index contributed by atoms with van der Waals surface area (Å²) in [4.78, 5) is 35.8. The third-order valence-corrected chi connectivity index (χ3v) is 5.93. The van der Waals surface area contributed by atoms with Crippen molar-refractivity contribution < 1.29 is 24.2 Å². The lowest BCUT2D eigenvalue weighted by Crippen LogP contribution is -2.46. The lowest BCUT2D eigenvalue weighted by atomic mass is 10.1. The van der Waals surface area contributed by atoms with E-state index in [9.17, 15) is 19.5 Å². The van der Waals surface area contributed by atoms with Gasteiger partial charge in [-0.05, 0) is 43.0 Å². The molecule has 12 heteroatoms. The van der Waals surface area contributed by atoms with E-state index < -0.39 is 24.1 Å². The lowest BCUT2D eigenvalue weighted by molar-refractivity contribution is -0.120. The standard InChI is InChI=1S/C24H33N7O5.C7H8/c25-19(13-29-24(35)36-16-18-5-2-1-3-6-18)14-31(27)21(7-4-12-28-23(26)34)22(33)30-20-10-8-17(15-32)9-11-20;1-7-5-3-2-4-6-7/h1-3,5-6,8-11,14,21,32H,4,7,12-13,15-16,25,27H2,(H,29,35)(H,30,33)(H3,26,28,34);2-6H,1H3/b19-14-;. The van der Waals surface area contributed by atoms with Crippen LogP contribution in [0.5, 0.6) is 0 Å². The number of nitrogens with zero attached hydrogens (tertiary/aromatic N) is 1. The van der Waals surface area contributed by atoms with E-state index in [1.54, 1.807) is 24.3 Å². The van der Waals surface area contributed by atoms with Crippen LogP contribution in [0.4, 0.5) is 15.3 Å². The van der Waals surface area contributed by atoms with Crippen molar-refractivity contribution in [2.45, 2.75) is 39.0 Å². The Morgan fingerprint density at radius 2 is 1.53 bits per heavy atom. The second kappa shape index (κ2) is 19.1. The highest BCUT2D eigenvalue weighted by molar-refractivity contribution is 5.94. The van der Waals surface area contributed by atoms with Gasteiger partial charge in [0.15, 0.2) is 0 Å². The van der Waals surface area contributed by atoms with E-state index >= 15 is 0 Å². The average molecular weight is 592 g/mol. The van der Waals surface area contributed by atoms with Crippen molar-refractivity contribution >= 4 is 23.7 Å². The molecule has 0 heterocycles. The summed E-state index contributed by atoms with van der Waals surface area (Å²) in [5, 5.41) is 18.1. The van der Waals surface area contributed by atoms with E-state index in [1.807, 2.05) is 48.5 Å². The maximum Gasteiger partial charge on any atom is 0.407 e. The molecule has 0 bridgehead atoms. The predicted molar refractivity (Wildman–Crippen MR) is 166 cm³/mol. The van der Waals surface area contributed by atoms with Crippen molar-refractivity contribution in [2.75, 3.05) is 18.4 Å². The normalized spacial score (nSPS) is 11.3. The lowest BCUT2D eigenvalue weighted by Gasteiger charge is -2.26. The molecule has 0 saturated carbocycles. The molecule has 0 saturated heterocycles. The van der Waals surface area contributed by atoms with Gasteiger partial charge in [-0.25, -0.2) is 15.4 Å². The van der Waals surface area contributed by atoms with Gasteiger partial charge in [0.2, 0.25) is 5.91 Å². The number of alkyl carbamates (subject to hydrolysis) is 1. The molecule has 12 nitrogen and oxygen atoms in total. The number of carbonyl (C=O) groups excluding carboxylic acids is 3. The summed E-state index contributed by atoms with van der Waals surface area (Å²) in [6.45, 7) is 2.28. The van der Waals surface area contributed by atoms with Crippen LogP contribution in [0.25, 0.3) is 0 Å². The van der Waals surface area contributed by atoms with Crippen molar-refractivity contribution in [1.29, 1.82) is 0 Å². The Bertz CT molecular complexity index is 1290. The number of rotatable bonds is 13. The minimum absolute atomic E-state index is 0.0541. The first-order chi connectivity index (χ1) is 20.7. The van der Waals surface area contributed by atoms with Crippen LogP contribution >= 0.6 is 0 Å². The summed E-state index contributed by atoms with van der Waals surface area (Å²) < 4.78 is 5.13. The smallest absolute Gasteiger partial charge is 0.407 e. The number of aliphatic hydroxyl groups is 1. The number of hydrogen-bond donors (Lipinski definition) is 7. The molecule has 3 aromatic rings. The number of aryl methyl sites for hydroxylation is 1. The van der Waals surface area contributed by atoms with Crippen molar-refractivity contribution in [2.24, 2.45) is 17.3 Å². The summed E-state index contributed by atoms with van der Waals surface area (Å²) in [6, 6.07) is 24.6. The monoisotopic (exact) mass is 591 g/mol. The first-order valence-electron chi connectivity index (χ1n) is 13.7. The van der Waals surface area contributed by atoms with Gasteiger partial charge in [0.05, 0.1) is 13.2 Å². The minimum Gasteiger partial charge on any atom is -0.445 e. The molecule has 1 atom stereocenters. The molecule has 0 aliphatic rings. The number of urea groups is 1. The van der Waals surface area contributed by atoms with E-state index in [0.29, 0.717) is 17.7 Å². The molecule has 4 amide bonds. The van der Waals surface area contributed by atoms with E-state index in [1.165, 1.54) is 11.8 Å². The maximum atomic E-state index is 13.0. The third kappa shape index (κ3) is 14.4. The van der Waals surface area contributed by atoms with Crippen LogP contribution in [0, 0.1) is 6.92 Å². The fourth-order valence-electron chi connectivity index (χ4n) is 3.65. The Hall–Kier alpha value is -5.07. The van der Waals surface area contributed by atoms with Gasteiger partial charge in [-0.15, -0.1) is 0 Å². The van der Waals surface area contributed by atoms with E-state index in [-0.39, 0.29) is 38.4 Å². The molecule has 3 aromatic carbocycles. The number of aliphatic hydroxyl groups excluding tert-OH is 1. The van der Waals surface area contributed by atoms with Crippen LogP contribution in [0.3, 0.4) is 0 Å². The zero-order chi connectivity index (χ0) is 31.5. The largest absolute Gasteiger partial charge is 0.445 e. The van der Waals surface area contributed by atoms with Crippen molar-refractivity contribution in [3.63, 3.8) is 0 Å². The van der Waals surface area contributed by atoms with E-state index in [2.05, 4.69) is 35.0 Å². The number of benzene rings is 3. The molecule has 0 aliphatic heterocycles. The number of anilines is 1. The summed E-state index contributed by atoms with van der Waals surface area (Å²) in [7, 11) is 0. The van der Waals surface area contributed by atoms with Crippen molar-refractivity contribution in [1.82, 2.24) is 15.6 Å². The topological polar surface area (TPSA) is 198 Å². The Balaban J connectivity index is 0.000000804. The average Bonchev–Trinajstić information content (AvgIpc) is 3.00. The minimum atomic E-state index is -0.847. The number of nitrogens with one attached hydrogen (secondary N) is 3. The Labute approximate surface area is 251 Å². The molecule has 0 radical (unpaired) electrons. The van der Waals surface area contributed by atoms with Crippen LogP contribution in [-0.2, 0) is 22.7 Å². The molecule has 0 fully saturated rings. The number of primary amides is 1. The first-order valence-corrected chi connectivity index (χ1v) is 13.7. The molecular weight excluding hydrogens is 550 g/mol. The first kappa shape index (κ1) is 34.1. The molecular formula is C31H41N7O5. The van der Waals surface area contributed by atoms with Crippen molar-refractivity contribution in [3.05, 3.63) is 114 Å². The molecule has 10 N–H and O–H groups in total. The van der Waals surface area contributed by atoms with Gasteiger partial charge in [0, 0.05) is 24.1 Å². The van der Waals surface area contributed by atoms with Crippen LogP contribution in [-0.4, -0.2) is 47.3 Å². The van der Waals surface area contributed by atoms with E-state index in [4.69, 9.17) is 22.0 Å². The number of nitrogens with two attached hydrogens (primary N) is 3. The number of hydrogen-bond acceptors (Lipinski definition) is 8. The highest BCUT2D eigenvalue weighted by atomic mass is 16.5. The molecule has 0 spiro atoms. The summed E-state index contributed by atoms with van der Waals surface area (Å²) >= 11 is 0. The van der Waals surface area contributed by atoms with Crippen LogP contribution in [0.2, 0.25) is 0 Å². The molecule has 230 valence electrons. The molecule has 43 heavy (non-hydrogen) atoms. The van der Waals surface area contributed by atoms with Gasteiger partial charge < -0.3 is 42.3 Å². The van der Waals surface area contributed by atoms with Gasteiger partial charge in [-0.2, -0.15) is 0 Å². The highest BCUT2D eigenvalue weighted by Crippen LogP contribution is 2.13. The number of carbonyl (C=O) groups is 3. The summed E-state index contributed by atoms with van der Waals surface area (Å²) in [6.07, 6.45) is 1.37. The molecule has 3 rings (SSSR count). The Kier molecular flexibility index (Phi) is 15.2. The van der Waals surface area contributed by atoms with Gasteiger partial charge >= 0.3 is 12.1 Å². The molecule has 0 aromatic heterocycles. The maximum absolute atomic E-state index is 13.0. The second-order valence-corrected chi connectivity index (χ2v) is 9.51. The zero-order valence-electron chi connectivity index (χ0n) is 24.2. The van der Waals surface area contributed by atoms with E-state index in [0.717, 1.165) is 10.6 Å². The van der Waals surface area contributed by atoms with Crippen LogP contribution in [0.1, 0.15) is 29.5 Å². The fourth-order valence-corrected chi connectivity index (χ4v) is 3.65. The SMILES string of the molecule is Cc1ccccc1.NC(=O)NCCCC(C(=O)Nc1ccc(CO)cc1)N(N)/C=C(\N)CNC(=O)OCc1ccccc1. The van der Waals surface area contributed by atoms with Gasteiger partial charge in [-0.1, -0.05) is 78.4 Å². The molecule has 1 unspecified atom stereocenters. The third-order valence-electron chi connectivity index (χ3n) is 5.93. The Morgan fingerprint density at radius 3 is 2.09 bits per heavy atom. The molecule has 0 aliphatic carbocycles. The second-order valence-electron chi connectivity index (χ2n) is 9.51. The Morgan fingerprint density at radius 1 is 0.907 bits per heavy atom. The van der Waals surface area contributed by atoms with Gasteiger partial charge in [-0.3, -0.25) is 4.79 Å². The van der Waals surface area contributed by atoms with Crippen LogP contribution in [0.15, 0.2) is 96.8 Å². The highest BCUT2D eigenvalue weighted by Gasteiger charge is 2.22. The van der Waals surface area contributed by atoms with Crippen LogP contribution < -0.4 is 33.3 Å². The quantitative estimate of drug-likeness (QED) is 0.0894. The van der Waals surface area contributed by atoms with Gasteiger partial charge in [0.1, 0.15) is 12.6 Å². The number of ether oxygens (including phenoxy) is 1. The van der Waals surface area contributed by atoms with Crippen molar-refractivity contribution in [3.8, 4) is 0 Å². The zero-order valence-corrected chi connectivity index (χ0v) is 24.2. The number of amides is 4. The number of hydrazine groups is 1. The fraction of sp³-hybridized carbons (Fsp3) is 0.258. The summed E-state index contributed by atoms with van der Waals surface area (Å²) in [5.41, 5.74) is 14.6. The predicted octanol–water partition coefficient (Wildman–Crippen LogP) is 2.83. The van der Waals surface area contributed by atoms with Gasteiger partial charge in [0.25, 0.3) is 0 Å². The summed E-state index contributed by atoms with van der Waals surface area (Å²) in [5.74, 6) is 5.72.